The Bertz CT molecular complexity index is 742. The first-order valence-electron chi connectivity index (χ1n) is 12.5. The standard InChI is InChI=1S/C27H39NO2/c1-18-10-21-13-22(11-18)15-25(14-21)28(24-8-6-23(7-9-24)26(29)30)27(2)16-19-4-3-5-20(12-19)17-27/h6-9,18-22,25H,3-5,10-17H2,1-2H3,(H,29,30). The summed E-state index contributed by atoms with van der Waals surface area (Å²) in [5, 5.41) is 9.39. The smallest absolute Gasteiger partial charge is 0.335 e. The molecule has 3 nitrogen and oxygen atoms in total. The van der Waals surface area contributed by atoms with Crippen molar-refractivity contribution in [2.45, 2.75) is 96.1 Å². The molecule has 1 aromatic carbocycles. The van der Waals surface area contributed by atoms with Gasteiger partial charge in [0.25, 0.3) is 0 Å². The molecule has 4 bridgehead atoms. The summed E-state index contributed by atoms with van der Waals surface area (Å²) in [6.07, 6.45) is 15.2. The van der Waals surface area contributed by atoms with Crippen LogP contribution >= 0.6 is 0 Å². The van der Waals surface area contributed by atoms with Crippen LogP contribution in [0.3, 0.4) is 0 Å². The van der Waals surface area contributed by atoms with E-state index in [2.05, 4.69) is 30.9 Å². The van der Waals surface area contributed by atoms with Gasteiger partial charge in [0.2, 0.25) is 0 Å². The highest BCUT2D eigenvalue weighted by molar-refractivity contribution is 5.88. The lowest BCUT2D eigenvalue weighted by Gasteiger charge is -2.57. The summed E-state index contributed by atoms with van der Waals surface area (Å²) < 4.78 is 0. The van der Waals surface area contributed by atoms with Crippen LogP contribution in [-0.4, -0.2) is 22.7 Å². The van der Waals surface area contributed by atoms with Gasteiger partial charge in [-0.15, -0.1) is 0 Å². The molecule has 4 atom stereocenters. The Balaban J connectivity index is 1.48. The van der Waals surface area contributed by atoms with Gasteiger partial charge in [0, 0.05) is 17.3 Å². The van der Waals surface area contributed by atoms with Gasteiger partial charge in [-0.2, -0.15) is 0 Å². The van der Waals surface area contributed by atoms with Crippen LogP contribution in [0, 0.1) is 29.6 Å². The number of benzene rings is 1. The van der Waals surface area contributed by atoms with Crippen molar-refractivity contribution in [2.24, 2.45) is 29.6 Å². The van der Waals surface area contributed by atoms with Gasteiger partial charge >= 0.3 is 5.97 Å². The summed E-state index contributed by atoms with van der Waals surface area (Å²) in [6.45, 7) is 4.99. The van der Waals surface area contributed by atoms with Crippen LogP contribution in [-0.2, 0) is 0 Å². The molecule has 4 unspecified atom stereocenters. The van der Waals surface area contributed by atoms with E-state index < -0.39 is 5.97 Å². The number of carboxylic acid groups (broad SMARTS) is 1. The lowest BCUT2D eigenvalue weighted by molar-refractivity contribution is 0.0697. The van der Waals surface area contributed by atoms with Crippen molar-refractivity contribution in [3.63, 3.8) is 0 Å². The fraction of sp³-hybridized carbons (Fsp3) is 0.741. The van der Waals surface area contributed by atoms with Gasteiger partial charge in [0.15, 0.2) is 0 Å². The van der Waals surface area contributed by atoms with Gasteiger partial charge in [0.1, 0.15) is 0 Å². The molecule has 0 amide bonds. The highest BCUT2D eigenvalue weighted by atomic mass is 16.4. The SMILES string of the molecule is CC1CC2CC(C1)CC(N(c1ccc(C(=O)O)cc1)C1(C)CC3CCCC(C3)C1)C2. The molecule has 4 saturated carbocycles. The third-order valence-corrected chi connectivity index (χ3v) is 9.04. The second kappa shape index (κ2) is 7.88. The zero-order valence-electron chi connectivity index (χ0n) is 18.9. The second-order valence-electron chi connectivity index (χ2n) is 11.7. The maximum absolute atomic E-state index is 11.4. The minimum Gasteiger partial charge on any atom is -0.478 e. The van der Waals surface area contributed by atoms with E-state index in [1.54, 1.807) is 0 Å². The molecule has 3 heteroatoms. The molecule has 0 radical (unpaired) electrons. The van der Waals surface area contributed by atoms with Crippen molar-refractivity contribution in [1.29, 1.82) is 0 Å². The van der Waals surface area contributed by atoms with Gasteiger partial charge in [-0.1, -0.05) is 26.2 Å². The Hall–Kier alpha value is -1.51. The summed E-state index contributed by atoms with van der Waals surface area (Å²) in [4.78, 5) is 14.2. The van der Waals surface area contributed by atoms with Crippen molar-refractivity contribution in [1.82, 2.24) is 0 Å². The van der Waals surface area contributed by atoms with Crippen molar-refractivity contribution in [3.8, 4) is 0 Å². The number of hydrogen-bond donors (Lipinski definition) is 1. The fourth-order valence-electron chi connectivity index (χ4n) is 8.38. The van der Waals surface area contributed by atoms with Gasteiger partial charge < -0.3 is 10.0 Å². The molecule has 164 valence electrons. The van der Waals surface area contributed by atoms with E-state index in [0.717, 1.165) is 29.6 Å². The minimum atomic E-state index is -0.826. The highest BCUT2D eigenvalue weighted by Crippen LogP contribution is 2.51. The molecule has 1 aromatic rings. The molecule has 4 fully saturated rings. The van der Waals surface area contributed by atoms with Crippen LogP contribution in [0.15, 0.2) is 24.3 Å². The monoisotopic (exact) mass is 409 g/mol. The van der Waals surface area contributed by atoms with Crippen LogP contribution in [0.25, 0.3) is 0 Å². The molecule has 1 N–H and O–H groups in total. The maximum atomic E-state index is 11.4. The number of fused-ring (bicyclic) bond motifs is 4. The van der Waals surface area contributed by atoms with Gasteiger partial charge in [-0.25, -0.2) is 4.79 Å². The largest absolute Gasteiger partial charge is 0.478 e. The summed E-state index contributed by atoms with van der Waals surface area (Å²) in [7, 11) is 0. The summed E-state index contributed by atoms with van der Waals surface area (Å²) in [5.74, 6) is 3.59. The highest BCUT2D eigenvalue weighted by Gasteiger charge is 2.47. The molecular formula is C27H39NO2. The van der Waals surface area contributed by atoms with Crippen molar-refractivity contribution >= 4 is 11.7 Å². The molecule has 30 heavy (non-hydrogen) atoms. The number of rotatable bonds is 4. The van der Waals surface area contributed by atoms with Crippen molar-refractivity contribution in [2.75, 3.05) is 4.90 Å². The molecule has 0 spiro atoms. The fourth-order valence-corrected chi connectivity index (χ4v) is 8.38. The Morgan fingerprint density at radius 2 is 1.47 bits per heavy atom. The Morgan fingerprint density at radius 1 is 0.900 bits per heavy atom. The third-order valence-electron chi connectivity index (χ3n) is 9.04. The van der Waals surface area contributed by atoms with E-state index >= 15 is 0 Å². The van der Waals surface area contributed by atoms with Crippen LogP contribution in [0.1, 0.15) is 94.8 Å². The molecule has 4 aliphatic carbocycles. The lowest BCUT2D eigenvalue weighted by atomic mass is 9.62. The number of anilines is 1. The Kier molecular flexibility index (Phi) is 5.35. The second-order valence-corrected chi connectivity index (χ2v) is 11.7. The number of nitrogens with zero attached hydrogens (tertiary/aromatic N) is 1. The average molecular weight is 410 g/mol. The van der Waals surface area contributed by atoms with Crippen LogP contribution in [0.4, 0.5) is 5.69 Å². The van der Waals surface area contributed by atoms with Crippen LogP contribution in [0.5, 0.6) is 0 Å². The number of hydrogen-bond acceptors (Lipinski definition) is 2. The molecule has 0 heterocycles. The molecule has 4 aliphatic rings. The predicted molar refractivity (Wildman–Crippen MR) is 122 cm³/mol. The van der Waals surface area contributed by atoms with E-state index in [1.807, 2.05) is 12.1 Å². The summed E-state index contributed by atoms with van der Waals surface area (Å²) >= 11 is 0. The van der Waals surface area contributed by atoms with E-state index in [0.29, 0.717) is 11.6 Å². The van der Waals surface area contributed by atoms with Gasteiger partial charge in [0.05, 0.1) is 5.56 Å². The minimum absolute atomic E-state index is 0.209. The molecule has 0 aromatic heterocycles. The van der Waals surface area contributed by atoms with Crippen molar-refractivity contribution < 1.29 is 9.90 Å². The van der Waals surface area contributed by atoms with Crippen LogP contribution < -0.4 is 4.90 Å². The zero-order chi connectivity index (χ0) is 20.9. The van der Waals surface area contributed by atoms with E-state index in [1.165, 1.54) is 76.3 Å². The van der Waals surface area contributed by atoms with Crippen LogP contribution in [0.2, 0.25) is 0 Å². The number of carbonyl (C=O) groups is 1. The van der Waals surface area contributed by atoms with Gasteiger partial charge in [-0.05, 0) is 112 Å². The van der Waals surface area contributed by atoms with Crippen molar-refractivity contribution in [3.05, 3.63) is 29.8 Å². The first-order chi connectivity index (χ1) is 14.4. The van der Waals surface area contributed by atoms with Gasteiger partial charge in [-0.3, -0.25) is 0 Å². The summed E-state index contributed by atoms with van der Waals surface area (Å²) in [5.41, 5.74) is 1.87. The summed E-state index contributed by atoms with van der Waals surface area (Å²) in [6, 6.07) is 8.46. The van der Waals surface area contributed by atoms with E-state index in [9.17, 15) is 9.90 Å². The quantitative estimate of drug-likeness (QED) is 0.597. The Morgan fingerprint density at radius 3 is 2.03 bits per heavy atom. The number of carboxylic acids is 1. The predicted octanol–water partition coefficient (Wildman–Crippen LogP) is 6.76. The topological polar surface area (TPSA) is 40.5 Å². The average Bonchev–Trinajstić information content (AvgIpc) is 2.67. The zero-order valence-corrected chi connectivity index (χ0v) is 18.9. The number of aromatic carboxylic acids is 1. The van der Waals surface area contributed by atoms with E-state index in [-0.39, 0.29) is 5.54 Å². The molecule has 0 aliphatic heterocycles. The third kappa shape index (κ3) is 3.89. The first kappa shape index (κ1) is 20.4. The van der Waals surface area contributed by atoms with E-state index in [4.69, 9.17) is 0 Å². The maximum Gasteiger partial charge on any atom is 0.335 e. The normalized spacial score (nSPS) is 40.6. The molecular weight excluding hydrogens is 370 g/mol. The Labute approximate surface area is 182 Å². The molecule has 5 rings (SSSR count). The lowest BCUT2D eigenvalue weighted by Crippen LogP contribution is -2.58. The first-order valence-corrected chi connectivity index (χ1v) is 12.5. The molecule has 0 saturated heterocycles.